The lowest BCUT2D eigenvalue weighted by Gasteiger charge is -2.13. The van der Waals surface area contributed by atoms with E-state index in [1.807, 2.05) is 45.0 Å². The summed E-state index contributed by atoms with van der Waals surface area (Å²) in [6, 6.07) is 7.68. The second-order valence-electron chi connectivity index (χ2n) is 5.42. The van der Waals surface area contributed by atoms with Gasteiger partial charge in [-0.25, -0.2) is 4.68 Å². The molecule has 2 aromatic rings. The van der Waals surface area contributed by atoms with Crippen molar-refractivity contribution in [2.24, 2.45) is 0 Å². The van der Waals surface area contributed by atoms with Crippen molar-refractivity contribution in [3.63, 3.8) is 0 Å². The first-order valence-corrected chi connectivity index (χ1v) is 8.29. The molecule has 0 aliphatic rings. The Bertz CT molecular complexity index is 672. The quantitative estimate of drug-likeness (QED) is 0.786. The van der Waals surface area contributed by atoms with Crippen molar-refractivity contribution in [2.75, 3.05) is 13.1 Å². The largest absolute Gasteiger partial charge is 0.350 e. The highest BCUT2D eigenvalue weighted by Gasteiger charge is 2.17. The van der Waals surface area contributed by atoms with Crippen LogP contribution in [-0.2, 0) is 6.42 Å². The number of amides is 1. The number of nitrogens with one attached hydrogen (secondary N) is 2. The van der Waals surface area contributed by atoms with Gasteiger partial charge in [0.25, 0.3) is 5.91 Å². The Balaban J connectivity index is 0.00000288. The normalized spacial score (nSPS) is 11.7. The molecule has 2 rings (SSSR count). The van der Waals surface area contributed by atoms with Crippen molar-refractivity contribution in [1.29, 1.82) is 0 Å². The van der Waals surface area contributed by atoms with Gasteiger partial charge in [-0.1, -0.05) is 31.5 Å². The van der Waals surface area contributed by atoms with Gasteiger partial charge < -0.3 is 10.6 Å². The number of aromatic nitrogens is 2. The number of hydrogen-bond acceptors (Lipinski definition) is 3. The SMILES string of the molecule is CCN[C@H](C)CNC(=O)c1cnn(-c2cccc(Cl)c2)c1CC.Cl. The molecule has 2 N–H and O–H groups in total. The molecule has 1 heterocycles. The van der Waals surface area contributed by atoms with E-state index < -0.39 is 0 Å². The van der Waals surface area contributed by atoms with E-state index in [1.54, 1.807) is 10.9 Å². The summed E-state index contributed by atoms with van der Waals surface area (Å²) in [5, 5.41) is 11.2. The van der Waals surface area contributed by atoms with E-state index >= 15 is 0 Å². The Morgan fingerprint density at radius 1 is 1.38 bits per heavy atom. The van der Waals surface area contributed by atoms with Crippen LogP contribution in [0.15, 0.2) is 30.5 Å². The van der Waals surface area contributed by atoms with E-state index in [9.17, 15) is 4.79 Å². The van der Waals surface area contributed by atoms with Crippen LogP contribution >= 0.6 is 24.0 Å². The van der Waals surface area contributed by atoms with Crippen LogP contribution in [0.2, 0.25) is 5.02 Å². The molecule has 0 aliphatic heterocycles. The number of likely N-dealkylation sites (N-methyl/N-ethyl adjacent to an activating group) is 1. The molecule has 0 radical (unpaired) electrons. The zero-order chi connectivity index (χ0) is 16.8. The van der Waals surface area contributed by atoms with Gasteiger partial charge in [0.05, 0.1) is 23.1 Å². The van der Waals surface area contributed by atoms with Gasteiger partial charge in [0.1, 0.15) is 0 Å². The van der Waals surface area contributed by atoms with Crippen molar-refractivity contribution in [3.05, 3.63) is 46.7 Å². The molecule has 132 valence electrons. The van der Waals surface area contributed by atoms with Crippen molar-refractivity contribution >= 4 is 29.9 Å². The van der Waals surface area contributed by atoms with E-state index in [-0.39, 0.29) is 24.4 Å². The number of halogens is 2. The molecular weight excluding hydrogens is 347 g/mol. The van der Waals surface area contributed by atoms with Gasteiger partial charge in [0.15, 0.2) is 0 Å². The van der Waals surface area contributed by atoms with E-state index in [0.717, 1.165) is 17.9 Å². The van der Waals surface area contributed by atoms with Gasteiger partial charge in [0.2, 0.25) is 0 Å². The number of nitrogens with zero attached hydrogens (tertiary/aromatic N) is 2. The molecule has 0 saturated heterocycles. The first-order valence-electron chi connectivity index (χ1n) is 7.91. The number of hydrogen-bond donors (Lipinski definition) is 2. The average Bonchev–Trinajstić information content (AvgIpc) is 2.97. The fourth-order valence-electron chi connectivity index (χ4n) is 2.50. The van der Waals surface area contributed by atoms with Crippen LogP contribution in [0.25, 0.3) is 5.69 Å². The maximum atomic E-state index is 12.4. The van der Waals surface area contributed by atoms with Crippen LogP contribution in [0.5, 0.6) is 0 Å². The van der Waals surface area contributed by atoms with E-state index in [4.69, 9.17) is 11.6 Å². The van der Waals surface area contributed by atoms with Gasteiger partial charge >= 0.3 is 0 Å². The number of carbonyl (C=O) groups is 1. The summed E-state index contributed by atoms with van der Waals surface area (Å²) in [6.45, 7) is 7.56. The Labute approximate surface area is 154 Å². The van der Waals surface area contributed by atoms with Crippen molar-refractivity contribution in [1.82, 2.24) is 20.4 Å². The molecule has 1 aromatic heterocycles. The van der Waals surface area contributed by atoms with Gasteiger partial charge in [0, 0.05) is 17.6 Å². The minimum Gasteiger partial charge on any atom is -0.350 e. The fraction of sp³-hybridized carbons (Fsp3) is 0.412. The number of rotatable bonds is 7. The Hall–Kier alpha value is -1.56. The smallest absolute Gasteiger partial charge is 0.254 e. The second kappa shape index (κ2) is 9.67. The zero-order valence-electron chi connectivity index (χ0n) is 14.2. The number of benzene rings is 1. The maximum Gasteiger partial charge on any atom is 0.254 e. The summed E-state index contributed by atoms with van der Waals surface area (Å²) in [7, 11) is 0. The van der Waals surface area contributed by atoms with E-state index in [1.165, 1.54) is 0 Å². The molecule has 24 heavy (non-hydrogen) atoms. The number of carbonyl (C=O) groups excluding carboxylic acids is 1. The standard InChI is InChI=1S/C17H23ClN4O.ClH/c1-4-16-15(17(23)20-10-12(3)19-5-2)11-21-22(16)14-8-6-7-13(18)9-14;/h6-9,11-12,19H,4-5,10H2,1-3H3,(H,20,23);1H/t12-;/m1./s1. The predicted molar refractivity (Wildman–Crippen MR) is 101 cm³/mol. The summed E-state index contributed by atoms with van der Waals surface area (Å²) in [5.74, 6) is -0.0973. The zero-order valence-corrected chi connectivity index (χ0v) is 15.7. The Kier molecular flexibility index (Phi) is 8.25. The summed E-state index contributed by atoms with van der Waals surface area (Å²) >= 11 is 6.05. The highest BCUT2D eigenvalue weighted by molar-refractivity contribution is 6.30. The Morgan fingerprint density at radius 2 is 2.12 bits per heavy atom. The maximum absolute atomic E-state index is 12.4. The minimum absolute atomic E-state index is 0. The third-order valence-corrected chi connectivity index (χ3v) is 3.86. The molecule has 7 heteroatoms. The monoisotopic (exact) mass is 370 g/mol. The van der Waals surface area contributed by atoms with Crippen LogP contribution in [0.1, 0.15) is 36.8 Å². The molecule has 1 atom stereocenters. The van der Waals surface area contributed by atoms with Gasteiger partial charge in [-0.15, -0.1) is 12.4 Å². The molecule has 1 aromatic carbocycles. The molecular formula is C17H24Cl2N4O. The first-order chi connectivity index (χ1) is 11.1. The lowest BCUT2D eigenvalue weighted by atomic mass is 10.2. The molecule has 1 amide bonds. The van der Waals surface area contributed by atoms with E-state index in [2.05, 4.69) is 15.7 Å². The topological polar surface area (TPSA) is 58.9 Å². The van der Waals surface area contributed by atoms with Crippen LogP contribution in [-0.4, -0.2) is 34.8 Å². The third kappa shape index (κ3) is 4.97. The molecule has 5 nitrogen and oxygen atoms in total. The minimum atomic E-state index is -0.0973. The van der Waals surface area contributed by atoms with Crippen molar-refractivity contribution in [2.45, 2.75) is 33.2 Å². The lowest BCUT2D eigenvalue weighted by molar-refractivity contribution is 0.0949. The lowest BCUT2D eigenvalue weighted by Crippen LogP contribution is -2.39. The van der Waals surface area contributed by atoms with Crippen LogP contribution in [0.3, 0.4) is 0 Å². The van der Waals surface area contributed by atoms with Crippen molar-refractivity contribution in [3.8, 4) is 5.69 Å². The summed E-state index contributed by atoms with van der Waals surface area (Å²) < 4.78 is 1.77. The van der Waals surface area contributed by atoms with Crippen molar-refractivity contribution < 1.29 is 4.79 Å². The second-order valence-corrected chi connectivity index (χ2v) is 5.86. The predicted octanol–water partition coefficient (Wildman–Crippen LogP) is 3.24. The molecule has 0 spiro atoms. The van der Waals surface area contributed by atoms with Crippen LogP contribution in [0.4, 0.5) is 0 Å². The highest BCUT2D eigenvalue weighted by atomic mass is 35.5. The molecule has 0 unspecified atom stereocenters. The highest BCUT2D eigenvalue weighted by Crippen LogP contribution is 2.19. The summed E-state index contributed by atoms with van der Waals surface area (Å²) in [4.78, 5) is 12.4. The third-order valence-electron chi connectivity index (χ3n) is 3.62. The first kappa shape index (κ1) is 20.5. The average molecular weight is 371 g/mol. The molecule has 0 saturated carbocycles. The molecule has 0 fully saturated rings. The van der Waals surface area contributed by atoms with Crippen LogP contribution in [0, 0.1) is 0 Å². The summed E-state index contributed by atoms with van der Waals surface area (Å²) in [6.07, 6.45) is 2.32. The Morgan fingerprint density at radius 3 is 2.75 bits per heavy atom. The van der Waals surface area contributed by atoms with E-state index in [0.29, 0.717) is 23.6 Å². The van der Waals surface area contributed by atoms with Gasteiger partial charge in [-0.3, -0.25) is 4.79 Å². The van der Waals surface area contributed by atoms with Crippen LogP contribution < -0.4 is 10.6 Å². The molecule has 0 aliphatic carbocycles. The van der Waals surface area contributed by atoms with Gasteiger partial charge in [-0.2, -0.15) is 5.10 Å². The fourth-order valence-corrected chi connectivity index (χ4v) is 2.68. The molecule has 0 bridgehead atoms. The van der Waals surface area contributed by atoms with Gasteiger partial charge in [-0.05, 0) is 38.1 Å². The summed E-state index contributed by atoms with van der Waals surface area (Å²) in [5.41, 5.74) is 2.34.